The Hall–Kier alpha value is -2.89. The smallest absolute Gasteiger partial charge is 0.277 e. The number of oxazole rings is 1. The van der Waals surface area contributed by atoms with E-state index in [9.17, 15) is 4.79 Å². The monoisotopic (exact) mass is 323 g/mol. The molecule has 1 saturated carbocycles. The second-order valence-electron chi connectivity index (χ2n) is 5.88. The number of rotatable bonds is 5. The molecule has 1 fully saturated rings. The Morgan fingerprint density at radius 3 is 2.75 bits per heavy atom. The number of hydrogen-bond donors (Lipinski definition) is 0. The Morgan fingerprint density at radius 2 is 2.08 bits per heavy atom. The summed E-state index contributed by atoms with van der Waals surface area (Å²) in [5.41, 5.74) is 1.14. The normalized spacial score (nSPS) is 15.2. The molecule has 24 heavy (non-hydrogen) atoms. The van der Waals surface area contributed by atoms with Crippen molar-refractivity contribution in [1.82, 2.24) is 14.9 Å². The summed E-state index contributed by atoms with van der Waals surface area (Å²) in [7, 11) is 0. The van der Waals surface area contributed by atoms with Crippen LogP contribution in [0.15, 0.2) is 58.0 Å². The fourth-order valence-electron chi connectivity index (χ4n) is 2.88. The van der Waals surface area contributed by atoms with Gasteiger partial charge < -0.3 is 13.7 Å². The average molecular weight is 323 g/mol. The van der Waals surface area contributed by atoms with Crippen LogP contribution in [0.4, 0.5) is 0 Å². The van der Waals surface area contributed by atoms with Gasteiger partial charge in [-0.2, -0.15) is 0 Å². The number of hydrogen-bond acceptors (Lipinski definition) is 5. The molecule has 3 aromatic rings. The highest BCUT2D eigenvalue weighted by Crippen LogP contribution is 2.36. The van der Waals surface area contributed by atoms with E-state index >= 15 is 0 Å². The third-order valence-electron chi connectivity index (χ3n) is 4.22. The lowest BCUT2D eigenvalue weighted by atomic mass is 10.1. The molecule has 1 atom stereocenters. The highest BCUT2D eigenvalue weighted by atomic mass is 16.4. The van der Waals surface area contributed by atoms with Gasteiger partial charge in [0.15, 0.2) is 17.8 Å². The van der Waals surface area contributed by atoms with Crippen LogP contribution in [-0.2, 0) is 0 Å². The molecule has 3 aromatic heterocycles. The van der Waals surface area contributed by atoms with Crippen molar-refractivity contribution in [3.05, 3.63) is 60.6 Å². The summed E-state index contributed by atoms with van der Waals surface area (Å²) >= 11 is 0. The van der Waals surface area contributed by atoms with E-state index < -0.39 is 0 Å². The molecule has 0 aromatic carbocycles. The minimum atomic E-state index is -0.157. The van der Waals surface area contributed by atoms with Crippen LogP contribution in [0.25, 0.3) is 11.5 Å². The summed E-state index contributed by atoms with van der Waals surface area (Å²) < 4.78 is 10.8. The van der Waals surface area contributed by atoms with Gasteiger partial charge in [0.05, 0.1) is 18.0 Å². The number of amides is 1. The van der Waals surface area contributed by atoms with E-state index in [0.29, 0.717) is 11.5 Å². The molecule has 6 nitrogen and oxygen atoms in total. The third kappa shape index (κ3) is 2.60. The standard InChI is InChI=1S/C18H17N3O3/c1-12(14-5-2-3-9-19-14)21(13-7-8-13)18(22)16-17(24-11-20-16)15-6-4-10-23-15/h2-6,9-13H,7-8H2,1H3. The molecule has 0 aliphatic heterocycles. The molecular weight excluding hydrogens is 306 g/mol. The lowest BCUT2D eigenvalue weighted by Gasteiger charge is -2.28. The van der Waals surface area contributed by atoms with Gasteiger partial charge in [-0.1, -0.05) is 6.07 Å². The zero-order chi connectivity index (χ0) is 16.5. The zero-order valence-electron chi connectivity index (χ0n) is 13.3. The minimum Gasteiger partial charge on any atom is -0.461 e. The fraction of sp³-hybridized carbons (Fsp3) is 0.278. The Kier molecular flexibility index (Phi) is 3.65. The first-order valence-electron chi connectivity index (χ1n) is 7.96. The van der Waals surface area contributed by atoms with E-state index in [1.807, 2.05) is 30.0 Å². The van der Waals surface area contributed by atoms with Gasteiger partial charge in [-0.15, -0.1) is 0 Å². The van der Waals surface area contributed by atoms with Crippen LogP contribution in [0.5, 0.6) is 0 Å². The quantitative estimate of drug-likeness (QED) is 0.716. The Bertz CT molecular complexity index is 822. The first-order chi connectivity index (χ1) is 11.8. The van der Waals surface area contributed by atoms with Gasteiger partial charge in [-0.3, -0.25) is 9.78 Å². The molecule has 1 unspecified atom stereocenters. The van der Waals surface area contributed by atoms with Crippen LogP contribution < -0.4 is 0 Å². The lowest BCUT2D eigenvalue weighted by Crippen LogP contribution is -2.36. The molecule has 3 heterocycles. The second kappa shape index (κ2) is 5.96. The van der Waals surface area contributed by atoms with Crippen LogP contribution in [0, 0.1) is 0 Å². The molecule has 1 aliphatic rings. The maximum Gasteiger partial charge on any atom is 0.277 e. The van der Waals surface area contributed by atoms with E-state index in [0.717, 1.165) is 18.5 Å². The predicted molar refractivity (Wildman–Crippen MR) is 86.0 cm³/mol. The van der Waals surface area contributed by atoms with Gasteiger partial charge in [0.1, 0.15) is 0 Å². The molecule has 1 amide bonds. The van der Waals surface area contributed by atoms with Crippen molar-refractivity contribution >= 4 is 5.91 Å². The van der Waals surface area contributed by atoms with Crippen LogP contribution in [0.3, 0.4) is 0 Å². The Balaban J connectivity index is 1.68. The summed E-state index contributed by atoms with van der Waals surface area (Å²) in [5, 5.41) is 0. The number of aromatic nitrogens is 2. The zero-order valence-corrected chi connectivity index (χ0v) is 13.3. The maximum atomic E-state index is 13.2. The summed E-state index contributed by atoms with van der Waals surface area (Å²) in [6.45, 7) is 1.99. The third-order valence-corrected chi connectivity index (χ3v) is 4.22. The van der Waals surface area contributed by atoms with Crippen molar-refractivity contribution < 1.29 is 13.6 Å². The van der Waals surface area contributed by atoms with Crippen LogP contribution >= 0.6 is 0 Å². The molecule has 0 bridgehead atoms. The Labute approximate surface area is 139 Å². The van der Waals surface area contributed by atoms with Crippen molar-refractivity contribution in [1.29, 1.82) is 0 Å². The number of carbonyl (C=O) groups excluding carboxylic acids is 1. The van der Waals surface area contributed by atoms with E-state index in [1.54, 1.807) is 24.6 Å². The number of pyridine rings is 1. The van der Waals surface area contributed by atoms with E-state index in [4.69, 9.17) is 8.83 Å². The minimum absolute atomic E-state index is 0.132. The average Bonchev–Trinajstić information content (AvgIpc) is 3.11. The summed E-state index contributed by atoms with van der Waals surface area (Å²) in [5.74, 6) is 0.705. The molecule has 0 spiro atoms. The highest BCUT2D eigenvalue weighted by Gasteiger charge is 2.39. The van der Waals surface area contributed by atoms with E-state index in [-0.39, 0.29) is 23.7 Å². The topological polar surface area (TPSA) is 72.4 Å². The van der Waals surface area contributed by atoms with Crippen molar-refractivity contribution in [2.45, 2.75) is 31.8 Å². The van der Waals surface area contributed by atoms with Crippen molar-refractivity contribution in [3.8, 4) is 11.5 Å². The second-order valence-corrected chi connectivity index (χ2v) is 5.88. The largest absolute Gasteiger partial charge is 0.461 e. The van der Waals surface area contributed by atoms with E-state index in [1.165, 1.54) is 6.39 Å². The molecule has 0 radical (unpaired) electrons. The van der Waals surface area contributed by atoms with Gasteiger partial charge >= 0.3 is 0 Å². The molecular formula is C18H17N3O3. The molecule has 4 rings (SSSR count). The van der Waals surface area contributed by atoms with Crippen molar-refractivity contribution in [3.63, 3.8) is 0 Å². The van der Waals surface area contributed by atoms with E-state index in [2.05, 4.69) is 9.97 Å². The highest BCUT2D eigenvalue weighted by molar-refractivity contribution is 5.97. The van der Waals surface area contributed by atoms with Crippen molar-refractivity contribution in [2.75, 3.05) is 0 Å². The van der Waals surface area contributed by atoms with Crippen molar-refractivity contribution in [2.24, 2.45) is 0 Å². The molecule has 0 N–H and O–H groups in total. The molecule has 0 saturated heterocycles. The number of nitrogens with zero attached hydrogens (tertiary/aromatic N) is 3. The van der Waals surface area contributed by atoms with Gasteiger partial charge in [0.2, 0.25) is 5.76 Å². The van der Waals surface area contributed by atoms with Gasteiger partial charge in [-0.05, 0) is 44.0 Å². The molecule has 122 valence electrons. The van der Waals surface area contributed by atoms with Crippen LogP contribution in [0.1, 0.15) is 42.0 Å². The first-order valence-corrected chi connectivity index (χ1v) is 7.96. The summed E-state index contributed by atoms with van der Waals surface area (Å²) in [4.78, 5) is 23.5. The maximum absolute atomic E-state index is 13.2. The fourth-order valence-corrected chi connectivity index (χ4v) is 2.88. The SMILES string of the molecule is CC(c1ccccn1)N(C(=O)c1ncoc1-c1ccco1)C1CC1. The molecule has 6 heteroatoms. The molecule has 1 aliphatic carbocycles. The lowest BCUT2D eigenvalue weighted by molar-refractivity contribution is 0.0665. The predicted octanol–water partition coefficient (Wildman–Crippen LogP) is 3.70. The number of furan rings is 1. The summed E-state index contributed by atoms with van der Waals surface area (Å²) in [6, 6.07) is 9.32. The Morgan fingerprint density at radius 1 is 1.21 bits per heavy atom. The van der Waals surface area contributed by atoms with Crippen LogP contribution in [0.2, 0.25) is 0 Å². The van der Waals surface area contributed by atoms with Gasteiger partial charge in [0, 0.05) is 12.2 Å². The number of carbonyl (C=O) groups is 1. The summed E-state index contributed by atoms with van der Waals surface area (Å²) in [6.07, 6.45) is 6.56. The van der Waals surface area contributed by atoms with Crippen LogP contribution in [-0.4, -0.2) is 26.8 Å². The van der Waals surface area contributed by atoms with Gasteiger partial charge in [-0.25, -0.2) is 4.98 Å². The first kappa shape index (κ1) is 14.7. The van der Waals surface area contributed by atoms with Gasteiger partial charge in [0.25, 0.3) is 5.91 Å².